The Morgan fingerprint density at radius 2 is 2.19 bits per heavy atom. The van der Waals surface area contributed by atoms with Gasteiger partial charge in [-0.1, -0.05) is 11.6 Å². The highest BCUT2D eigenvalue weighted by molar-refractivity contribution is 5.65. The van der Waals surface area contributed by atoms with Crippen molar-refractivity contribution in [3.05, 3.63) is 63.4 Å². The van der Waals surface area contributed by atoms with E-state index in [0.717, 1.165) is 5.76 Å². The second-order valence-corrected chi connectivity index (χ2v) is 4.94. The van der Waals surface area contributed by atoms with Crippen molar-refractivity contribution in [2.45, 2.75) is 20.3 Å². The van der Waals surface area contributed by atoms with Gasteiger partial charge in [0.2, 0.25) is 0 Å². The molecule has 4 nitrogen and oxygen atoms in total. The van der Waals surface area contributed by atoms with E-state index >= 15 is 0 Å². The van der Waals surface area contributed by atoms with Crippen LogP contribution in [0.15, 0.2) is 45.3 Å². The summed E-state index contributed by atoms with van der Waals surface area (Å²) in [5.74, 6) is 1.22. The summed E-state index contributed by atoms with van der Waals surface area (Å²) in [6.45, 7) is 4.00. The van der Waals surface area contributed by atoms with Crippen LogP contribution in [0.3, 0.4) is 0 Å². The maximum Gasteiger partial charge on any atom is 0.198 e. The van der Waals surface area contributed by atoms with Gasteiger partial charge in [0.1, 0.15) is 5.76 Å². The SMILES string of the molecule is COc1[nH]c(/C=C/c2ccco2)cc(=O)c1CC=C(C)C. The van der Waals surface area contributed by atoms with Crippen LogP contribution in [0, 0.1) is 0 Å². The molecule has 0 saturated heterocycles. The maximum atomic E-state index is 12.2. The fourth-order valence-electron chi connectivity index (χ4n) is 1.90. The molecule has 0 radical (unpaired) electrons. The first-order chi connectivity index (χ1) is 10.1. The first-order valence-electron chi connectivity index (χ1n) is 6.75. The van der Waals surface area contributed by atoms with E-state index in [1.165, 1.54) is 5.57 Å². The van der Waals surface area contributed by atoms with Crippen molar-refractivity contribution >= 4 is 12.2 Å². The van der Waals surface area contributed by atoms with Crippen LogP contribution in [-0.4, -0.2) is 12.1 Å². The number of hydrogen-bond donors (Lipinski definition) is 1. The van der Waals surface area contributed by atoms with Gasteiger partial charge in [0.25, 0.3) is 0 Å². The van der Waals surface area contributed by atoms with E-state index in [0.29, 0.717) is 23.6 Å². The van der Waals surface area contributed by atoms with E-state index in [1.54, 1.807) is 31.6 Å². The van der Waals surface area contributed by atoms with Gasteiger partial charge in [0.05, 0.1) is 18.9 Å². The third-order valence-electron chi connectivity index (χ3n) is 3.00. The van der Waals surface area contributed by atoms with Crippen LogP contribution in [0.1, 0.15) is 30.9 Å². The highest BCUT2D eigenvalue weighted by atomic mass is 16.5. The summed E-state index contributed by atoms with van der Waals surface area (Å²) in [5, 5.41) is 0. The summed E-state index contributed by atoms with van der Waals surface area (Å²) in [6.07, 6.45) is 7.74. The zero-order chi connectivity index (χ0) is 15.2. The Morgan fingerprint density at radius 1 is 1.38 bits per heavy atom. The fourth-order valence-corrected chi connectivity index (χ4v) is 1.90. The Hall–Kier alpha value is -2.49. The predicted octanol–water partition coefficient (Wildman–Crippen LogP) is 3.66. The molecule has 1 N–H and O–H groups in total. The molecule has 0 atom stereocenters. The molecule has 2 aromatic heterocycles. The molecule has 0 amide bonds. The summed E-state index contributed by atoms with van der Waals surface area (Å²) in [6, 6.07) is 5.22. The standard InChI is InChI=1S/C17H19NO3/c1-12(2)6-9-15-16(19)11-13(18-17(15)20-3)7-8-14-5-4-10-21-14/h4-8,10-11H,9H2,1-3H3,(H,18,19)/b8-7+. The van der Waals surface area contributed by atoms with E-state index in [9.17, 15) is 4.79 Å². The number of pyridine rings is 1. The van der Waals surface area contributed by atoms with Gasteiger partial charge in [-0.15, -0.1) is 0 Å². The third kappa shape index (κ3) is 3.99. The Labute approximate surface area is 123 Å². The quantitative estimate of drug-likeness (QED) is 0.853. The number of rotatable bonds is 5. The number of ether oxygens (including phenoxy) is 1. The molecule has 0 spiro atoms. The molecule has 0 aromatic carbocycles. The number of methoxy groups -OCH3 is 1. The molecule has 2 rings (SSSR count). The van der Waals surface area contributed by atoms with Gasteiger partial charge in [0.15, 0.2) is 11.3 Å². The van der Waals surface area contributed by atoms with Gasteiger partial charge in [0, 0.05) is 11.8 Å². The van der Waals surface area contributed by atoms with E-state index in [2.05, 4.69) is 4.98 Å². The minimum Gasteiger partial charge on any atom is -0.482 e. The van der Waals surface area contributed by atoms with E-state index < -0.39 is 0 Å². The molecule has 0 saturated carbocycles. The monoisotopic (exact) mass is 285 g/mol. The van der Waals surface area contributed by atoms with E-state index in [-0.39, 0.29) is 5.43 Å². The number of aromatic nitrogens is 1. The van der Waals surface area contributed by atoms with Crippen molar-refractivity contribution in [1.82, 2.24) is 4.98 Å². The molecule has 0 fully saturated rings. The molecule has 21 heavy (non-hydrogen) atoms. The second kappa shape index (κ2) is 6.79. The van der Waals surface area contributed by atoms with E-state index in [1.807, 2.05) is 32.1 Å². The Kier molecular flexibility index (Phi) is 4.82. The summed E-state index contributed by atoms with van der Waals surface area (Å²) < 4.78 is 10.5. The van der Waals surface area contributed by atoms with Gasteiger partial charge in [-0.25, -0.2) is 0 Å². The zero-order valence-electron chi connectivity index (χ0n) is 12.5. The molecule has 0 aliphatic carbocycles. The van der Waals surface area contributed by atoms with Crippen molar-refractivity contribution in [3.8, 4) is 5.88 Å². The van der Waals surface area contributed by atoms with Crippen LogP contribution in [0.2, 0.25) is 0 Å². The highest BCUT2D eigenvalue weighted by Gasteiger charge is 2.08. The Balaban J connectivity index is 2.32. The number of furan rings is 1. The van der Waals surface area contributed by atoms with Crippen molar-refractivity contribution in [2.24, 2.45) is 0 Å². The van der Waals surface area contributed by atoms with Crippen molar-refractivity contribution in [3.63, 3.8) is 0 Å². The van der Waals surface area contributed by atoms with Crippen LogP contribution in [-0.2, 0) is 6.42 Å². The minimum atomic E-state index is -0.0396. The summed E-state index contributed by atoms with van der Waals surface area (Å²) in [4.78, 5) is 15.3. The smallest absolute Gasteiger partial charge is 0.198 e. The van der Waals surface area contributed by atoms with Crippen LogP contribution >= 0.6 is 0 Å². The number of allylic oxidation sites excluding steroid dienone is 2. The molecule has 2 heterocycles. The molecule has 0 bridgehead atoms. The minimum absolute atomic E-state index is 0.0396. The number of H-pyrrole nitrogens is 1. The zero-order valence-corrected chi connectivity index (χ0v) is 12.5. The number of nitrogens with one attached hydrogen (secondary N) is 1. The van der Waals surface area contributed by atoms with Crippen LogP contribution in [0.25, 0.3) is 12.2 Å². The van der Waals surface area contributed by atoms with Gasteiger partial charge >= 0.3 is 0 Å². The van der Waals surface area contributed by atoms with Gasteiger partial charge < -0.3 is 14.1 Å². The summed E-state index contributed by atoms with van der Waals surface area (Å²) >= 11 is 0. The largest absolute Gasteiger partial charge is 0.482 e. The number of hydrogen-bond acceptors (Lipinski definition) is 3. The lowest BCUT2D eigenvalue weighted by Crippen LogP contribution is -2.12. The maximum absolute atomic E-state index is 12.2. The number of aromatic amines is 1. The average molecular weight is 285 g/mol. The average Bonchev–Trinajstić information content (AvgIpc) is 2.96. The van der Waals surface area contributed by atoms with Crippen LogP contribution < -0.4 is 10.2 Å². The van der Waals surface area contributed by atoms with Gasteiger partial charge in [-0.2, -0.15) is 0 Å². The van der Waals surface area contributed by atoms with Crippen molar-refractivity contribution in [1.29, 1.82) is 0 Å². The first-order valence-corrected chi connectivity index (χ1v) is 6.75. The molecule has 0 aliphatic heterocycles. The molecular weight excluding hydrogens is 266 g/mol. The van der Waals surface area contributed by atoms with Crippen LogP contribution in [0.5, 0.6) is 5.88 Å². The van der Waals surface area contributed by atoms with Crippen molar-refractivity contribution < 1.29 is 9.15 Å². The Morgan fingerprint density at radius 3 is 2.81 bits per heavy atom. The fraction of sp³-hybridized carbons (Fsp3) is 0.235. The summed E-state index contributed by atoms with van der Waals surface area (Å²) in [5.41, 5.74) is 2.43. The lowest BCUT2D eigenvalue weighted by atomic mass is 10.1. The second-order valence-electron chi connectivity index (χ2n) is 4.94. The summed E-state index contributed by atoms with van der Waals surface area (Å²) in [7, 11) is 1.55. The lowest BCUT2D eigenvalue weighted by Gasteiger charge is -2.07. The topological polar surface area (TPSA) is 55.2 Å². The molecule has 0 unspecified atom stereocenters. The first kappa shape index (κ1) is 14.9. The highest BCUT2D eigenvalue weighted by Crippen LogP contribution is 2.15. The molecule has 4 heteroatoms. The lowest BCUT2D eigenvalue weighted by molar-refractivity contribution is 0.392. The molecule has 2 aromatic rings. The van der Waals surface area contributed by atoms with Crippen LogP contribution in [0.4, 0.5) is 0 Å². The Bertz CT molecular complexity index is 702. The van der Waals surface area contributed by atoms with Crippen molar-refractivity contribution in [2.75, 3.05) is 7.11 Å². The normalized spacial score (nSPS) is 10.8. The van der Waals surface area contributed by atoms with Gasteiger partial charge in [-0.05, 0) is 44.6 Å². The predicted molar refractivity (Wildman–Crippen MR) is 84.4 cm³/mol. The van der Waals surface area contributed by atoms with Gasteiger partial charge in [-0.3, -0.25) is 4.79 Å². The molecular formula is C17H19NO3. The molecule has 0 aliphatic rings. The van der Waals surface area contributed by atoms with E-state index in [4.69, 9.17) is 9.15 Å². The molecule has 110 valence electrons. The third-order valence-corrected chi connectivity index (χ3v) is 3.00.